The third kappa shape index (κ3) is 7.25. The minimum Gasteiger partial charge on any atom is -0.493 e. The summed E-state index contributed by atoms with van der Waals surface area (Å²) in [6, 6.07) is 16.9. The van der Waals surface area contributed by atoms with E-state index >= 15 is 0 Å². The van der Waals surface area contributed by atoms with E-state index in [9.17, 15) is 19.8 Å². The lowest BCUT2D eigenvalue weighted by molar-refractivity contribution is 0.00194. The first kappa shape index (κ1) is 29.2. The van der Waals surface area contributed by atoms with Crippen molar-refractivity contribution >= 4 is 23.7 Å². The van der Waals surface area contributed by atoms with Gasteiger partial charge in [-0.1, -0.05) is 29.8 Å². The Balaban J connectivity index is 1.59. The number of aromatic carboxylic acids is 1. The van der Waals surface area contributed by atoms with Gasteiger partial charge < -0.3 is 29.3 Å². The first-order chi connectivity index (χ1) is 18.9. The van der Waals surface area contributed by atoms with Crippen molar-refractivity contribution in [3.8, 4) is 17.2 Å². The summed E-state index contributed by atoms with van der Waals surface area (Å²) in [5.74, 6) is 0.146. The second-order valence-corrected chi connectivity index (χ2v) is 11.2. The van der Waals surface area contributed by atoms with E-state index in [-0.39, 0.29) is 23.9 Å². The molecule has 1 amide bonds. The number of hydrogen-bond acceptors (Lipinski definition) is 6. The van der Waals surface area contributed by atoms with Crippen LogP contribution in [0.15, 0.2) is 60.7 Å². The SMILES string of the molecule is COc1ccc(C(=O)O)cc1Oc1ccc2c(c1)C[C@@H](N(C[C@@H](O)c1cccc(Cl)c1)C(=O)OC(C)(C)C)CC2. The van der Waals surface area contributed by atoms with E-state index in [4.69, 9.17) is 25.8 Å². The number of carbonyl (C=O) groups excluding carboxylic acids is 1. The van der Waals surface area contributed by atoms with Gasteiger partial charge >= 0.3 is 12.1 Å². The summed E-state index contributed by atoms with van der Waals surface area (Å²) in [5.41, 5.74) is 2.13. The standard InChI is InChI=1S/C31H34ClNO7/c1-31(2,3)40-30(37)33(18-26(34)20-6-5-7-23(32)14-20)24-11-8-19-9-12-25(16-22(19)15-24)39-28-17-21(29(35)36)10-13-27(28)38-4/h5-7,9-10,12-14,16-17,24,26,34H,8,11,15,18H2,1-4H3,(H,35,36)/t24-,26+/m0/s1. The maximum absolute atomic E-state index is 13.3. The van der Waals surface area contributed by atoms with Gasteiger partial charge in [-0.3, -0.25) is 0 Å². The maximum atomic E-state index is 13.3. The summed E-state index contributed by atoms with van der Waals surface area (Å²) in [4.78, 5) is 26.4. The molecule has 3 aromatic rings. The first-order valence-electron chi connectivity index (χ1n) is 13.1. The number of benzene rings is 3. The number of aliphatic hydroxyl groups excluding tert-OH is 1. The van der Waals surface area contributed by atoms with E-state index < -0.39 is 23.8 Å². The van der Waals surface area contributed by atoms with Crippen molar-refractivity contribution in [2.45, 2.75) is 57.8 Å². The summed E-state index contributed by atoms with van der Waals surface area (Å²) in [7, 11) is 1.49. The van der Waals surface area contributed by atoms with Crippen LogP contribution in [0.1, 0.15) is 60.3 Å². The van der Waals surface area contributed by atoms with Gasteiger partial charge in [0.25, 0.3) is 0 Å². The minimum absolute atomic E-state index is 0.0463. The van der Waals surface area contributed by atoms with Crippen molar-refractivity contribution in [3.05, 3.63) is 87.9 Å². The number of amides is 1. The molecular formula is C31H34ClNO7. The second kappa shape index (κ2) is 12.2. The topological polar surface area (TPSA) is 106 Å². The molecule has 1 aliphatic carbocycles. The van der Waals surface area contributed by atoms with Gasteiger partial charge in [0, 0.05) is 11.1 Å². The van der Waals surface area contributed by atoms with Gasteiger partial charge in [0.2, 0.25) is 0 Å². The lowest BCUT2D eigenvalue weighted by Crippen LogP contribution is -2.47. The molecule has 0 unspecified atom stereocenters. The average molecular weight is 568 g/mol. The van der Waals surface area contributed by atoms with Gasteiger partial charge in [-0.25, -0.2) is 9.59 Å². The number of halogens is 1. The quantitative estimate of drug-likeness (QED) is 0.313. The zero-order valence-corrected chi connectivity index (χ0v) is 23.8. The molecule has 3 aromatic carbocycles. The van der Waals surface area contributed by atoms with E-state index in [1.807, 2.05) is 39.0 Å². The molecule has 0 saturated carbocycles. The lowest BCUT2D eigenvalue weighted by Gasteiger charge is -2.37. The molecule has 9 heteroatoms. The molecule has 0 aromatic heterocycles. The highest BCUT2D eigenvalue weighted by Gasteiger charge is 2.33. The van der Waals surface area contributed by atoms with Crippen LogP contribution in [0.2, 0.25) is 5.02 Å². The summed E-state index contributed by atoms with van der Waals surface area (Å²) in [5, 5.41) is 20.9. The van der Waals surface area contributed by atoms with Crippen LogP contribution in [0.5, 0.6) is 17.2 Å². The van der Waals surface area contributed by atoms with Crippen molar-refractivity contribution in [1.82, 2.24) is 4.90 Å². The molecule has 0 fully saturated rings. The fraction of sp³-hybridized carbons (Fsp3) is 0.355. The van der Waals surface area contributed by atoms with E-state index in [0.717, 1.165) is 17.5 Å². The number of aryl methyl sites for hydroxylation is 1. The Labute approximate surface area is 239 Å². The van der Waals surface area contributed by atoms with Crippen LogP contribution in [-0.4, -0.2) is 52.5 Å². The van der Waals surface area contributed by atoms with Crippen LogP contribution in [0, 0.1) is 0 Å². The van der Waals surface area contributed by atoms with Gasteiger partial charge in [0.1, 0.15) is 11.4 Å². The fourth-order valence-corrected chi connectivity index (χ4v) is 4.96. The predicted molar refractivity (Wildman–Crippen MR) is 152 cm³/mol. The minimum atomic E-state index is -1.07. The number of nitrogens with zero attached hydrogens (tertiary/aromatic N) is 1. The molecule has 4 rings (SSSR count). The van der Waals surface area contributed by atoms with Crippen molar-refractivity contribution < 1.29 is 34.0 Å². The van der Waals surface area contributed by atoms with E-state index in [2.05, 4.69) is 0 Å². The Bertz CT molecular complexity index is 1380. The Kier molecular flexibility index (Phi) is 8.91. The largest absolute Gasteiger partial charge is 0.493 e. The molecular weight excluding hydrogens is 534 g/mol. The van der Waals surface area contributed by atoms with Gasteiger partial charge in [-0.05, 0) is 99.2 Å². The second-order valence-electron chi connectivity index (χ2n) is 10.8. The molecule has 0 saturated heterocycles. The molecule has 212 valence electrons. The molecule has 8 nitrogen and oxygen atoms in total. The molecule has 0 aliphatic heterocycles. The molecule has 40 heavy (non-hydrogen) atoms. The number of carboxylic acids is 1. The smallest absolute Gasteiger partial charge is 0.410 e. The number of hydrogen-bond donors (Lipinski definition) is 2. The van der Waals surface area contributed by atoms with Crippen LogP contribution in [0.4, 0.5) is 4.79 Å². The van der Waals surface area contributed by atoms with Gasteiger partial charge in [-0.15, -0.1) is 0 Å². The van der Waals surface area contributed by atoms with E-state index in [1.165, 1.54) is 19.2 Å². The summed E-state index contributed by atoms with van der Waals surface area (Å²) < 4.78 is 17.1. The molecule has 1 aliphatic rings. The van der Waals surface area contributed by atoms with Crippen LogP contribution in [-0.2, 0) is 17.6 Å². The third-order valence-corrected chi connectivity index (χ3v) is 6.93. The highest BCUT2D eigenvalue weighted by molar-refractivity contribution is 6.30. The third-order valence-electron chi connectivity index (χ3n) is 6.69. The fourth-order valence-electron chi connectivity index (χ4n) is 4.76. The number of ether oxygens (including phenoxy) is 3. The average Bonchev–Trinajstić information content (AvgIpc) is 2.90. The normalized spacial score (nSPS) is 15.5. The van der Waals surface area contributed by atoms with Crippen LogP contribution >= 0.6 is 11.6 Å². The maximum Gasteiger partial charge on any atom is 0.410 e. The number of fused-ring (bicyclic) bond motifs is 1. The first-order valence-corrected chi connectivity index (χ1v) is 13.5. The van der Waals surface area contributed by atoms with Crippen LogP contribution in [0.3, 0.4) is 0 Å². The van der Waals surface area contributed by atoms with Gasteiger partial charge in [-0.2, -0.15) is 0 Å². The monoisotopic (exact) mass is 567 g/mol. The highest BCUT2D eigenvalue weighted by Crippen LogP contribution is 2.35. The van der Waals surface area contributed by atoms with Crippen LogP contribution in [0.25, 0.3) is 0 Å². The van der Waals surface area contributed by atoms with Crippen molar-refractivity contribution in [1.29, 1.82) is 0 Å². The van der Waals surface area contributed by atoms with Crippen LogP contribution < -0.4 is 9.47 Å². The number of carbonyl (C=O) groups is 2. The molecule has 2 N–H and O–H groups in total. The number of carboxylic acid groups (broad SMARTS) is 1. The zero-order valence-electron chi connectivity index (χ0n) is 23.0. The molecule has 0 bridgehead atoms. The number of rotatable bonds is 8. The molecule has 2 atom stereocenters. The van der Waals surface area contributed by atoms with Crippen molar-refractivity contribution in [3.63, 3.8) is 0 Å². The van der Waals surface area contributed by atoms with Crippen molar-refractivity contribution in [2.75, 3.05) is 13.7 Å². The Hall–Kier alpha value is -3.75. The van der Waals surface area contributed by atoms with Crippen molar-refractivity contribution in [2.24, 2.45) is 0 Å². The number of methoxy groups -OCH3 is 1. The summed E-state index contributed by atoms with van der Waals surface area (Å²) >= 11 is 6.13. The number of aliphatic hydroxyl groups is 1. The molecule has 0 radical (unpaired) electrons. The lowest BCUT2D eigenvalue weighted by atomic mass is 9.87. The van der Waals surface area contributed by atoms with E-state index in [1.54, 1.807) is 35.2 Å². The molecule has 0 heterocycles. The highest BCUT2D eigenvalue weighted by atomic mass is 35.5. The Morgan fingerprint density at radius 3 is 2.50 bits per heavy atom. The predicted octanol–water partition coefficient (Wildman–Crippen LogP) is 6.67. The van der Waals surface area contributed by atoms with Gasteiger partial charge in [0.05, 0.1) is 25.3 Å². The Morgan fingerprint density at radius 1 is 1.05 bits per heavy atom. The van der Waals surface area contributed by atoms with E-state index in [0.29, 0.717) is 34.9 Å². The summed E-state index contributed by atoms with van der Waals surface area (Å²) in [6.07, 6.45) is 0.509. The Morgan fingerprint density at radius 2 is 1.82 bits per heavy atom. The summed E-state index contributed by atoms with van der Waals surface area (Å²) in [6.45, 7) is 5.47. The van der Waals surface area contributed by atoms with Gasteiger partial charge in [0.15, 0.2) is 11.5 Å². The zero-order chi connectivity index (χ0) is 29.0. The molecule has 0 spiro atoms.